The summed E-state index contributed by atoms with van der Waals surface area (Å²) in [6.45, 7) is 0. The highest BCUT2D eigenvalue weighted by molar-refractivity contribution is 5.90. The van der Waals surface area contributed by atoms with E-state index in [2.05, 4.69) is 4.74 Å². The van der Waals surface area contributed by atoms with Gasteiger partial charge in [-0.3, -0.25) is 0 Å². The number of benzene rings is 1. The van der Waals surface area contributed by atoms with E-state index in [4.69, 9.17) is 0 Å². The first kappa shape index (κ1) is 10.2. The monoisotopic (exact) mass is 193 g/mol. The lowest BCUT2D eigenvalue weighted by Gasteiger charge is -1.99. The lowest BCUT2D eigenvalue weighted by molar-refractivity contribution is -0.416. The number of methoxy groups -OCH3 is 1. The summed E-state index contributed by atoms with van der Waals surface area (Å²) in [6, 6.07) is 6.59. The zero-order valence-corrected chi connectivity index (χ0v) is 8.06. The molecular weight excluding hydrogens is 182 g/mol. The van der Waals surface area contributed by atoms with Crippen LogP contribution in [0.1, 0.15) is 15.9 Å². The minimum Gasteiger partial charge on any atom is -0.624 e. The number of hydroxylamine groups is 1. The van der Waals surface area contributed by atoms with E-state index in [1.165, 1.54) is 20.4 Å². The van der Waals surface area contributed by atoms with Crippen LogP contribution in [0.2, 0.25) is 0 Å². The fourth-order valence-corrected chi connectivity index (χ4v) is 1.03. The summed E-state index contributed by atoms with van der Waals surface area (Å²) in [5.74, 6) is -0.382. The lowest BCUT2D eigenvalue weighted by Crippen LogP contribution is -2.02. The van der Waals surface area contributed by atoms with Gasteiger partial charge in [-0.25, -0.2) is 9.53 Å². The van der Waals surface area contributed by atoms with Crippen LogP contribution >= 0.6 is 0 Å². The topological polar surface area (TPSA) is 52.4 Å². The maximum Gasteiger partial charge on any atom is 0.337 e. The standard InChI is InChI=1S/C10H11NO3/c1-11(13)7-8-3-5-9(6-4-8)10(12)14-2/h3-7H,1-2H3. The normalized spacial score (nSPS) is 11.1. The van der Waals surface area contributed by atoms with Crippen LogP contribution in [0.4, 0.5) is 0 Å². The Balaban J connectivity index is 2.89. The van der Waals surface area contributed by atoms with E-state index >= 15 is 0 Å². The molecule has 0 bridgehead atoms. The minimum absolute atomic E-state index is 0.382. The average molecular weight is 193 g/mol. The van der Waals surface area contributed by atoms with Crippen LogP contribution in [-0.2, 0) is 4.74 Å². The maximum absolute atomic E-state index is 11.0. The van der Waals surface area contributed by atoms with Crippen molar-refractivity contribution in [1.82, 2.24) is 0 Å². The quantitative estimate of drug-likeness (QED) is 0.232. The van der Waals surface area contributed by atoms with Gasteiger partial charge in [0.15, 0.2) is 6.21 Å². The van der Waals surface area contributed by atoms with Gasteiger partial charge in [-0.2, -0.15) is 0 Å². The Kier molecular flexibility index (Phi) is 3.23. The lowest BCUT2D eigenvalue weighted by atomic mass is 10.1. The van der Waals surface area contributed by atoms with Crippen LogP contribution in [-0.4, -0.2) is 31.1 Å². The summed E-state index contributed by atoms with van der Waals surface area (Å²) >= 11 is 0. The highest BCUT2D eigenvalue weighted by Gasteiger charge is 2.03. The van der Waals surface area contributed by atoms with Crippen molar-refractivity contribution in [2.45, 2.75) is 0 Å². The molecule has 0 spiro atoms. The van der Waals surface area contributed by atoms with E-state index in [0.717, 1.165) is 5.56 Å². The number of hydrogen-bond donors (Lipinski definition) is 0. The molecule has 0 radical (unpaired) electrons. The average Bonchev–Trinajstić information content (AvgIpc) is 2.17. The molecule has 1 aromatic carbocycles. The highest BCUT2D eigenvalue weighted by atomic mass is 16.5. The third-order valence-electron chi connectivity index (χ3n) is 1.66. The predicted octanol–water partition coefficient (Wildman–Crippen LogP) is 1.03. The van der Waals surface area contributed by atoms with E-state index in [1.807, 2.05) is 0 Å². The van der Waals surface area contributed by atoms with Gasteiger partial charge >= 0.3 is 5.97 Å². The van der Waals surface area contributed by atoms with Crippen molar-refractivity contribution >= 4 is 12.2 Å². The molecule has 0 saturated heterocycles. The highest BCUT2D eigenvalue weighted by Crippen LogP contribution is 2.03. The third kappa shape index (κ3) is 2.58. The molecule has 0 amide bonds. The van der Waals surface area contributed by atoms with Crippen molar-refractivity contribution in [2.75, 3.05) is 14.2 Å². The molecule has 0 aliphatic rings. The molecule has 0 fully saturated rings. The maximum atomic E-state index is 11.0. The molecule has 4 nitrogen and oxygen atoms in total. The third-order valence-corrected chi connectivity index (χ3v) is 1.66. The van der Waals surface area contributed by atoms with Crippen LogP contribution in [0.5, 0.6) is 0 Å². The number of nitrogens with zero attached hydrogens (tertiary/aromatic N) is 1. The van der Waals surface area contributed by atoms with Gasteiger partial charge in [0.05, 0.1) is 12.7 Å². The zero-order valence-electron chi connectivity index (χ0n) is 8.06. The Morgan fingerprint density at radius 2 is 2.00 bits per heavy atom. The molecule has 0 N–H and O–H groups in total. The Labute approximate surface area is 82.0 Å². The largest absolute Gasteiger partial charge is 0.624 e. The molecule has 1 rings (SSSR count). The number of rotatable bonds is 2. The summed E-state index contributed by atoms with van der Waals surface area (Å²) < 4.78 is 5.24. The molecule has 0 saturated carbocycles. The van der Waals surface area contributed by atoms with Gasteiger partial charge in [0.25, 0.3) is 0 Å². The number of esters is 1. The summed E-state index contributed by atoms with van der Waals surface area (Å²) in [5, 5.41) is 10.7. The first-order chi connectivity index (χ1) is 6.63. The summed E-state index contributed by atoms with van der Waals surface area (Å²) in [4.78, 5) is 11.0. The smallest absolute Gasteiger partial charge is 0.337 e. The van der Waals surface area contributed by atoms with Crippen LogP contribution in [0.15, 0.2) is 24.3 Å². The number of ether oxygens (including phenoxy) is 1. The van der Waals surface area contributed by atoms with Gasteiger partial charge in [0.2, 0.25) is 0 Å². The molecule has 1 aromatic rings. The van der Waals surface area contributed by atoms with Crippen LogP contribution in [0.25, 0.3) is 0 Å². The second kappa shape index (κ2) is 4.41. The van der Waals surface area contributed by atoms with Gasteiger partial charge in [-0.05, 0) is 24.3 Å². The fourth-order valence-electron chi connectivity index (χ4n) is 1.03. The van der Waals surface area contributed by atoms with E-state index in [9.17, 15) is 10.0 Å². The van der Waals surface area contributed by atoms with E-state index in [1.54, 1.807) is 24.3 Å². The van der Waals surface area contributed by atoms with Gasteiger partial charge in [-0.15, -0.1) is 0 Å². The van der Waals surface area contributed by atoms with Crippen LogP contribution < -0.4 is 0 Å². The first-order valence-electron chi connectivity index (χ1n) is 4.06. The van der Waals surface area contributed by atoms with Crippen molar-refractivity contribution in [3.05, 3.63) is 40.6 Å². The summed E-state index contributed by atoms with van der Waals surface area (Å²) in [6.07, 6.45) is 1.42. The van der Waals surface area contributed by atoms with Gasteiger partial charge in [-0.1, -0.05) is 0 Å². The molecule has 14 heavy (non-hydrogen) atoms. The minimum atomic E-state index is -0.382. The van der Waals surface area contributed by atoms with Crippen molar-refractivity contribution in [2.24, 2.45) is 0 Å². The molecular formula is C10H11NO3. The van der Waals surface area contributed by atoms with Gasteiger partial charge in [0, 0.05) is 5.56 Å². The Morgan fingerprint density at radius 3 is 2.43 bits per heavy atom. The first-order valence-corrected chi connectivity index (χ1v) is 4.06. The molecule has 0 atom stereocenters. The molecule has 0 heterocycles. The van der Waals surface area contributed by atoms with Gasteiger partial charge in [0.1, 0.15) is 7.05 Å². The van der Waals surface area contributed by atoms with Crippen LogP contribution in [0.3, 0.4) is 0 Å². The molecule has 0 aliphatic heterocycles. The number of carbonyl (C=O) groups excluding carboxylic acids is 1. The zero-order chi connectivity index (χ0) is 10.6. The van der Waals surface area contributed by atoms with Crippen molar-refractivity contribution in [3.8, 4) is 0 Å². The predicted molar refractivity (Wildman–Crippen MR) is 52.5 cm³/mol. The van der Waals surface area contributed by atoms with Crippen molar-refractivity contribution in [3.63, 3.8) is 0 Å². The number of carbonyl (C=O) groups is 1. The summed E-state index contributed by atoms with van der Waals surface area (Å²) in [5.41, 5.74) is 1.22. The van der Waals surface area contributed by atoms with Crippen molar-refractivity contribution < 1.29 is 14.3 Å². The van der Waals surface area contributed by atoms with Crippen LogP contribution in [0, 0.1) is 5.21 Å². The van der Waals surface area contributed by atoms with Gasteiger partial charge < -0.3 is 9.94 Å². The summed E-state index contributed by atoms with van der Waals surface area (Å²) in [7, 11) is 2.72. The molecule has 74 valence electrons. The second-order valence-corrected chi connectivity index (χ2v) is 2.79. The molecule has 0 unspecified atom stereocenters. The second-order valence-electron chi connectivity index (χ2n) is 2.79. The number of hydrogen-bond acceptors (Lipinski definition) is 3. The van der Waals surface area contributed by atoms with E-state index in [0.29, 0.717) is 10.3 Å². The fraction of sp³-hybridized carbons (Fsp3) is 0.200. The van der Waals surface area contributed by atoms with E-state index < -0.39 is 0 Å². The Morgan fingerprint density at radius 1 is 1.43 bits per heavy atom. The Bertz CT molecular complexity index is 350. The molecule has 0 aliphatic carbocycles. The molecule has 4 heteroatoms. The molecule has 0 aromatic heterocycles. The van der Waals surface area contributed by atoms with E-state index in [-0.39, 0.29) is 5.97 Å². The van der Waals surface area contributed by atoms with Crippen molar-refractivity contribution in [1.29, 1.82) is 0 Å². The SMILES string of the molecule is COC(=O)c1ccc(C=[N+](C)[O-])cc1. The Hall–Kier alpha value is -1.84.